The number of anilines is 1. The van der Waals surface area contributed by atoms with Gasteiger partial charge in [0, 0.05) is 6.07 Å². The molecule has 0 saturated heterocycles. The van der Waals surface area contributed by atoms with Gasteiger partial charge in [-0.15, -0.1) is 5.10 Å². The largest absolute Gasteiger partial charge is 0.497 e. The number of hydrogen-bond donors (Lipinski definition) is 1. The van der Waals surface area contributed by atoms with Crippen molar-refractivity contribution in [1.82, 2.24) is 15.2 Å². The van der Waals surface area contributed by atoms with Crippen molar-refractivity contribution in [2.75, 3.05) is 25.3 Å². The Hall–Kier alpha value is -2.35. The molecule has 134 valence electrons. The Kier molecular flexibility index (Phi) is 7.00. The number of carbonyl (C=O) groups is 1. The summed E-state index contributed by atoms with van der Waals surface area (Å²) >= 11 is 1.25. The Labute approximate surface area is 151 Å². The van der Waals surface area contributed by atoms with Crippen molar-refractivity contribution < 1.29 is 14.3 Å². The van der Waals surface area contributed by atoms with Crippen LogP contribution in [0.2, 0.25) is 0 Å². The zero-order valence-corrected chi connectivity index (χ0v) is 15.6. The maximum absolute atomic E-state index is 12.2. The van der Waals surface area contributed by atoms with Gasteiger partial charge in [0.15, 0.2) is 0 Å². The zero-order valence-electron chi connectivity index (χ0n) is 14.8. The van der Waals surface area contributed by atoms with Crippen LogP contribution >= 0.6 is 11.8 Å². The van der Waals surface area contributed by atoms with Crippen molar-refractivity contribution in [2.45, 2.75) is 31.8 Å². The number of aromatic nitrogens is 3. The molecule has 0 radical (unpaired) electrons. The molecule has 1 heterocycles. The number of carbonyl (C=O) groups excluding carboxylic acids is 1. The minimum absolute atomic E-state index is 0.177. The second-order valence-corrected chi connectivity index (χ2v) is 6.04. The molecule has 2 rings (SSSR count). The summed E-state index contributed by atoms with van der Waals surface area (Å²) in [5.74, 6) is 1.20. The fourth-order valence-electron chi connectivity index (χ4n) is 2.21. The first-order valence-electron chi connectivity index (χ1n) is 7.98. The molecule has 0 aliphatic heterocycles. The molecule has 0 aliphatic rings. The lowest BCUT2D eigenvalue weighted by molar-refractivity contribution is -0.113. The number of nitrogens with one attached hydrogen (secondary N) is 1. The Morgan fingerprint density at radius 2 is 1.88 bits per heavy atom. The van der Waals surface area contributed by atoms with Gasteiger partial charge in [-0.1, -0.05) is 25.6 Å². The first kappa shape index (κ1) is 19.0. The number of aryl methyl sites for hydroxylation is 2. The molecule has 0 saturated carbocycles. The average molecular weight is 362 g/mol. The maximum Gasteiger partial charge on any atom is 0.234 e. The van der Waals surface area contributed by atoms with Crippen LogP contribution in [0.15, 0.2) is 23.4 Å². The molecule has 0 atom stereocenters. The van der Waals surface area contributed by atoms with E-state index in [0.717, 1.165) is 24.2 Å². The molecule has 8 heteroatoms. The highest BCUT2D eigenvalue weighted by Crippen LogP contribution is 2.29. The molecule has 1 aromatic heterocycles. The van der Waals surface area contributed by atoms with Crippen LogP contribution in [0.5, 0.6) is 11.5 Å². The third-order valence-corrected chi connectivity index (χ3v) is 4.34. The Balaban J connectivity index is 2.01. The fraction of sp³-hybridized carbons (Fsp3) is 0.412. The molecule has 2 aromatic rings. The van der Waals surface area contributed by atoms with E-state index in [1.165, 1.54) is 11.8 Å². The van der Waals surface area contributed by atoms with Crippen LogP contribution in [0.3, 0.4) is 0 Å². The highest BCUT2D eigenvalue weighted by Gasteiger charge is 2.12. The van der Waals surface area contributed by atoms with Crippen LogP contribution in [-0.2, 0) is 17.6 Å². The summed E-state index contributed by atoms with van der Waals surface area (Å²) in [6, 6.07) is 5.22. The number of methoxy groups -OCH3 is 2. The summed E-state index contributed by atoms with van der Waals surface area (Å²) in [7, 11) is 3.12. The van der Waals surface area contributed by atoms with Gasteiger partial charge in [-0.05, 0) is 25.0 Å². The van der Waals surface area contributed by atoms with E-state index in [0.29, 0.717) is 22.3 Å². The van der Waals surface area contributed by atoms with E-state index < -0.39 is 0 Å². The van der Waals surface area contributed by atoms with Gasteiger partial charge in [0.05, 0.1) is 37.0 Å². The smallest absolute Gasteiger partial charge is 0.234 e. The molecule has 0 unspecified atom stereocenters. The summed E-state index contributed by atoms with van der Waals surface area (Å²) in [6.07, 6.45) is 1.59. The third-order valence-electron chi connectivity index (χ3n) is 3.50. The van der Waals surface area contributed by atoms with Gasteiger partial charge < -0.3 is 14.8 Å². The average Bonchev–Trinajstić information content (AvgIpc) is 2.65. The van der Waals surface area contributed by atoms with Gasteiger partial charge in [-0.2, -0.15) is 5.10 Å². The lowest BCUT2D eigenvalue weighted by atomic mass is 10.2. The number of nitrogens with zero attached hydrogens (tertiary/aromatic N) is 3. The van der Waals surface area contributed by atoms with Gasteiger partial charge >= 0.3 is 0 Å². The van der Waals surface area contributed by atoms with Crippen LogP contribution in [0.1, 0.15) is 25.2 Å². The van der Waals surface area contributed by atoms with Crippen molar-refractivity contribution in [3.8, 4) is 11.5 Å². The number of benzene rings is 1. The van der Waals surface area contributed by atoms with Gasteiger partial charge in [-0.25, -0.2) is 4.98 Å². The molecule has 1 amide bonds. The normalized spacial score (nSPS) is 10.4. The van der Waals surface area contributed by atoms with Crippen LogP contribution in [0, 0.1) is 0 Å². The second-order valence-electron chi connectivity index (χ2n) is 5.10. The minimum atomic E-state index is -0.183. The van der Waals surface area contributed by atoms with E-state index in [2.05, 4.69) is 20.5 Å². The second kappa shape index (κ2) is 9.22. The summed E-state index contributed by atoms with van der Waals surface area (Å²) in [6.45, 7) is 4.05. The fourth-order valence-corrected chi connectivity index (χ4v) is 2.82. The molecule has 0 spiro atoms. The maximum atomic E-state index is 12.2. The van der Waals surface area contributed by atoms with Crippen molar-refractivity contribution in [3.63, 3.8) is 0 Å². The summed E-state index contributed by atoms with van der Waals surface area (Å²) in [4.78, 5) is 16.7. The highest BCUT2D eigenvalue weighted by molar-refractivity contribution is 7.99. The van der Waals surface area contributed by atoms with Gasteiger partial charge in [0.1, 0.15) is 11.5 Å². The Morgan fingerprint density at radius 1 is 1.12 bits per heavy atom. The molecular weight excluding hydrogens is 340 g/mol. The Morgan fingerprint density at radius 3 is 2.52 bits per heavy atom. The molecule has 7 nitrogen and oxygen atoms in total. The van der Waals surface area contributed by atoms with E-state index in [9.17, 15) is 4.79 Å². The van der Waals surface area contributed by atoms with Gasteiger partial charge in [0.25, 0.3) is 0 Å². The topological polar surface area (TPSA) is 86.2 Å². The molecule has 0 fully saturated rings. The summed E-state index contributed by atoms with van der Waals surface area (Å²) in [5, 5.41) is 11.6. The predicted molar refractivity (Wildman–Crippen MR) is 97.5 cm³/mol. The molecule has 0 aliphatic carbocycles. The number of hydrogen-bond acceptors (Lipinski definition) is 7. The summed E-state index contributed by atoms with van der Waals surface area (Å²) < 4.78 is 10.4. The van der Waals surface area contributed by atoms with Crippen LogP contribution < -0.4 is 14.8 Å². The van der Waals surface area contributed by atoms with E-state index in [-0.39, 0.29) is 11.7 Å². The lowest BCUT2D eigenvalue weighted by Gasteiger charge is -2.11. The van der Waals surface area contributed by atoms with Crippen molar-refractivity contribution >= 4 is 23.4 Å². The number of amides is 1. The Bertz CT molecular complexity index is 740. The quantitative estimate of drug-likeness (QED) is 0.723. The van der Waals surface area contributed by atoms with E-state index >= 15 is 0 Å². The standard InChI is InChI=1S/C17H22N4O3S/c1-5-12-13(6-2)20-21-17(19-12)25-10-16(22)18-14-9-11(23-3)7-8-15(14)24-4/h7-9H,5-6,10H2,1-4H3,(H,18,22). The first-order valence-corrected chi connectivity index (χ1v) is 8.96. The van der Waals surface area contributed by atoms with Gasteiger partial charge in [0.2, 0.25) is 11.1 Å². The monoisotopic (exact) mass is 362 g/mol. The minimum Gasteiger partial charge on any atom is -0.497 e. The van der Waals surface area contributed by atoms with Crippen LogP contribution in [0.4, 0.5) is 5.69 Å². The van der Waals surface area contributed by atoms with Crippen molar-refractivity contribution in [2.24, 2.45) is 0 Å². The van der Waals surface area contributed by atoms with Crippen LogP contribution in [-0.4, -0.2) is 41.1 Å². The molecule has 1 aromatic carbocycles. The molecule has 1 N–H and O–H groups in total. The van der Waals surface area contributed by atoms with E-state index in [4.69, 9.17) is 9.47 Å². The third kappa shape index (κ3) is 5.06. The zero-order chi connectivity index (χ0) is 18.2. The van der Waals surface area contributed by atoms with Crippen molar-refractivity contribution in [3.05, 3.63) is 29.6 Å². The number of ether oxygens (including phenoxy) is 2. The predicted octanol–water partition coefficient (Wildman–Crippen LogP) is 2.74. The molecule has 0 bridgehead atoms. The lowest BCUT2D eigenvalue weighted by Crippen LogP contribution is -2.15. The first-order chi connectivity index (χ1) is 12.1. The van der Waals surface area contributed by atoms with Gasteiger partial charge in [-0.3, -0.25) is 4.79 Å². The van der Waals surface area contributed by atoms with E-state index in [1.807, 2.05) is 13.8 Å². The number of thioether (sulfide) groups is 1. The summed E-state index contributed by atoms with van der Waals surface area (Å²) in [5.41, 5.74) is 2.38. The molecular formula is C17H22N4O3S. The van der Waals surface area contributed by atoms with Crippen molar-refractivity contribution in [1.29, 1.82) is 0 Å². The highest BCUT2D eigenvalue weighted by atomic mass is 32.2. The molecule has 25 heavy (non-hydrogen) atoms. The number of rotatable bonds is 8. The van der Waals surface area contributed by atoms with Crippen LogP contribution in [0.25, 0.3) is 0 Å². The SMILES string of the molecule is CCc1nnc(SCC(=O)Nc2cc(OC)ccc2OC)nc1CC. The van der Waals surface area contributed by atoms with E-state index in [1.54, 1.807) is 32.4 Å².